The van der Waals surface area contributed by atoms with Crippen LogP contribution in [0.15, 0.2) is 77.9 Å². The molecule has 3 aromatic carbocycles. The van der Waals surface area contributed by atoms with Gasteiger partial charge in [0, 0.05) is 5.69 Å². The Morgan fingerprint density at radius 3 is 2.48 bits per heavy atom. The highest BCUT2D eigenvalue weighted by Crippen LogP contribution is 2.15. The van der Waals surface area contributed by atoms with Gasteiger partial charge in [0.05, 0.1) is 12.6 Å². The summed E-state index contributed by atoms with van der Waals surface area (Å²) < 4.78 is 5.58. The van der Waals surface area contributed by atoms with E-state index in [4.69, 9.17) is 4.74 Å². The summed E-state index contributed by atoms with van der Waals surface area (Å²) in [7, 11) is 0. The molecule has 3 rings (SSSR count). The molecule has 0 spiro atoms. The van der Waals surface area contributed by atoms with Gasteiger partial charge in [-0.1, -0.05) is 48.5 Å². The van der Waals surface area contributed by atoms with Crippen molar-refractivity contribution >= 4 is 23.7 Å². The molecule has 31 heavy (non-hydrogen) atoms. The third-order valence-corrected chi connectivity index (χ3v) is 4.63. The lowest BCUT2D eigenvalue weighted by molar-refractivity contribution is -0.120. The number of rotatable bonds is 8. The fourth-order valence-electron chi connectivity index (χ4n) is 2.85. The normalized spacial score (nSPS) is 10.6. The van der Waals surface area contributed by atoms with Crippen LogP contribution in [0.2, 0.25) is 0 Å². The van der Waals surface area contributed by atoms with Gasteiger partial charge in [0.25, 0.3) is 5.91 Å². The van der Waals surface area contributed by atoms with Gasteiger partial charge >= 0.3 is 0 Å². The molecule has 0 heterocycles. The van der Waals surface area contributed by atoms with Gasteiger partial charge in [0.1, 0.15) is 5.75 Å². The molecular formula is C25H25N3O3. The van der Waals surface area contributed by atoms with Gasteiger partial charge in [-0.15, -0.1) is 0 Å². The predicted octanol–water partition coefficient (Wildman–Crippen LogP) is 4.01. The minimum absolute atomic E-state index is 0.110. The van der Waals surface area contributed by atoms with Crippen LogP contribution in [0.3, 0.4) is 0 Å². The van der Waals surface area contributed by atoms with Crippen LogP contribution < -0.4 is 15.5 Å². The topological polar surface area (TPSA) is 79.8 Å². The minimum Gasteiger partial charge on any atom is -0.484 e. The molecule has 0 radical (unpaired) electrons. The maximum Gasteiger partial charge on any atom is 0.262 e. The number of amides is 2. The number of hydrogen-bond donors (Lipinski definition) is 2. The van der Waals surface area contributed by atoms with Crippen molar-refractivity contribution in [3.63, 3.8) is 0 Å². The number of hydrogen-bond acceptors (Lipinski definition) is 4. The van der Waals surface area contributed by atoms with E-state index in [9.17, 15) is 9.59 Å². The first-order valence-electron chi connectivity index (χ1n) is 9.95. The fourth-order valence-corrected chi connectivity index (χ4v) is 2.85. The number of carbonyl (C=O) groups excluding carboxylic acids is 2. The van der Waals surface area contributed by atoms with Gasteiger partial charge in [0.15, 0.2) is 6.61 Å². The summed E-state index contributed by atoms with van der Waals surface area (Å²) in [4.78, 5) is 24.1. The molecule has 6 heteroatoms. The van der Waals surface area contributed by atoms with Crippen molar-refractivity contribution < 1.29 is 14.3 Å². The van der Waals surface area contributed by atoms with Crippen molar-refractivity contribution in [2.45, 2.75) is 20.3 Å². The van der Waals surface area contributed by atoms with Crippen LogP contribution in [0, 0.1) is 13.8 Å². The van der Waals surface area contributed by atoms with E-state index < -0.39 is 0 Å². The van der Waals surface area contributed by atoms with E-state index >= 15 is 0 Å². The second-order valence-corrected chi connectivity index (χ2v) is 7.16. The Kier molecular flexibility index (Phi) is 7.54. The van der Waals surface area contributed by atoms with Crippen molar-refractivity contribution in [3.05, 3.63) is 95.1 Å². The van der Waals surface area contributed by atoms with Gasteiger partial charge in [-0.05, 0) is 60.4 Å². The zero-order valence-electron chi connectivity index (χ0n) is 17.6. The molecule has 0 saturated carbocycles. The predicted molar refractivity (Wildman–Crippen MR) is 122 cm³/mol. The largest absolute Gasteiger partial charge is 0.484 e. The molecule has 158 valence electrons. The standard InChI is InChI=1S/C25H25N3O3/c1-18-11-12-22(13-19(18)2)27-25(30)17-31-23-10-6-9-21(14-23)16-26-28-24(29)15-20-7-4-3-5-8-20/h3-14,16H,15,17H2,1-2H3,(H,27,30)(H,28,29)/b26-16+. The molecule has 0 aliphatic carbocycles. The van der Waals surface area contributed by atoms with E-state index in [0.717, 1.165) is 22.4 Å². The first-order chi connectivity index (χ1) is 15.0. The summed E-state index contributed by atoms with van der Waals surface area (Å²) in [6.07, 6.45) is 1.79. The molecule has 0 bridgehead atoms. The Labute approximate surface area is 182 Å². The second-order valence-electron chi connectivity index (χ2n) is 7.16. The first-order valence-corrected chi connectivity index (χ1v) is 9.95. The third-order valence-electron chi connectivity index (χ3n) is 4.63. The Balaban J connectivity index is 1.48. The number of hydrazone groups is 1. The van der Waals surface area contributed by atoms with E-state index in [-0.39, 0.29) is 24.8 Å². The highest BCUT2D eigenvalue weighted by molar-refractivity contribution is 5.92. The first kappa shape index (κ1) is 21.8. The Hall–Kier alpha value is -3.93. The molecule has 0 saturated heterocycles. The zero-order valence-corrected chi connectivity index (χ0v) is 17.6. The van der Waals surface area contributed by atoms with Crippen LogP contribution in [0.4, 0.5) is 5.69 Å². The van der Waals surface area contributed by atoms with Gasteiger partial charge in [0.2, 0.25) is 5.91 Å². The molecule has 2 amide bonds. The molecule has 0 fully saturated rings. The van der Waals surface area contributed by atoms with Crippen molar-refractivity contribution in [1.29, 1.82) is 0 Å². The molecule has 3 aromatic rings. The van der Waals surface area contributed by atoms with E-state index in [1.54, 1.807) is 18.2 Å². The molecule has 0 aromatic heterocycles. The molecule has 6 nitrogen and oxygen atoms in total. The van der Waals surface area contributed by atoms with E-state index in [0.29, 0.717) is 5.75 Å². The summed E-state index contributed by atoms with van der Waals surface area (Å²) in [5.74, 6) is 0.100. The number of benzene rings is 3. The number of aryl methyl sites for hydroxylation is 2. The SMILES string of the molecule is Cc1ccc(NC(=O)COc2cccc(/C=N/NC(=O)Cc3ccccc3)c2)cc1C. The Bertz CT molecular complexity index is 1080. The smallest absolute Gasteiger partial charge is 0.262 e. The average molecular weight is 415 g/mol. The monoisotopic (exact) mass is 415 g/mol. The van der Waals surface area contributed by atoms with Crippen LogP contribution in [-0.4, -0.2) is 24.6 Å². The number of nitrogens with zero attached hydrogens (tertiary/aromatic N) is 1. The summed E-state index contributed by atoms with van der Waals surface area (Å²) in [6, 6.07) is 22.3. The highest BCUT2D eigenvalue weighted by atomic mass is 16.5. The van der Waals surface area contributed by atoms with Crippen molar-refractivity contribution in [1.82, 2.24) is 5.43 Å². The molecular weight excluding hydrogens is 390 g/mol. The van der Waals surface area contributed by atoms with E-state index in [2.05, 4.69) is 15.8 Å². The lowest BCUT2D eigenvalue weighted by atomic mass is 10.1. The van der Waals surface area contributed by atoms with Gasteiger partial charge in [-0.2, -0.15) is 5.10 Å². The van der Waals surface area contributed by atoms with E-state index in [1.807, 2.05) is 68.4 Å². The zero-order chi connectivity index (χ0) is 22.1. The summed E-state index contributed by atoms with van der Waals surface area (Å²) in [6.45, 7) is 3.91. The Morgan fingerprint density at radius 1 is 0.903 bits per heavy atom. The minimum atomic E-state index is -0.240. The number of ether oxygens (including phenoxy) is 1. The summed E-state index contributed by atoms with van der Waals surface area (Å²) in [5.41, 5.74) is 7.20. The van der Waals surface area contributed by atoms with Crippen molar-refractivity contribution in [2.75, 3.05) is 11.9 Å². The maximum absolute atomic E-state index is 12.2. The second kappa shape index (κ2) is 10.7. The molecule has 0 unspecified atom stereocenters. The lowest BCUT2D eigenvalue weighted by Crippen LogP contribution is -2.20. The number of nitrogens with one attached hydrogen (secondary N) is 2. The van der Waals surface area contributed by atoms with Gasteiger partial charge in [-0.3, -0.25) is 9.59 Å². The number of carbonyl (C=O) groups is 2. The summed E-state index contributed by atoms with van der Waals surface area (Å²) in [5, 5.41) is 6.81. The van der Waals surface area contributed by atoms with Crippen LogP contribution in [0.25, 0.3) is 0 Å². The maximum atomic E-state index is 12.2. The van der Waals surface area contributed by atoms with Crippen LogP contribution >= 0.6 is 0 Å². The third kappa shape index (κ3) is 7.12. The molecule has 2 N–H and O–H groups in total. The van der Waals surface area contributed by atoms with Crippen LogP contribution in [-0.2, 0) is 16.0 Å². The van der Waals surface area contributed by atoms with Crippen molar-refractivity contribution in [3.8, 4) is 5.75 Å². The lowest BCUT2D eigenvalue weighted by Gasteiger charge is -2.09. The average Bonchev–Trinajstić information content (AvgIpc) is 2.76. The summed E-state index contributed by atoms with van der Waals surface area (Å²) >= 11 is 0. The van der Waals surface area contributed by atoms with Crippen LogP contribution in [0.1, 0.15) is 22.3 Å². The van der Waals surface area contributed by atoms with Crippen LogP contribution in [0.5, 0.6) is 5.75 Å². The molecule has 0 aliphatic heterocycles. The van der Waals surface area contributed by atoms with Gasteiger partial charge < -0.3 is 10.1 Å². The van der Waals surface area contributed by atoms with Gasteiger partial charge in [-0.25, -0.2) is 5.43 Å². The molecule has 0 atom stereocenters. The van der Waals surface area contributed by atoms with Crippen molar-refractivity contribution in [2.24, 2.45) is 5.10 Å². The molecule has 0 aliphatic rings. The fraction of sp³-hybridized carbons (Fsp3) is 0.160. The number of anilines is 1. The highest BCUT2D eigenvalue weighted by Gasteiger charge is 2.05. The quantitative estimate of drug-likeness (QED) is 0.431. The Morgan fingerprint density at radius 2 is 1.71 bits per heavy atom. The van der Waals surface area contributed by atoms with E-state index in [1.165, 1.54) is 11.8 Å².